The van der Waals surface area contributed by atoms with Gasteiger partial charge in [0, 0.05) is 43.8 Å². The van der Waals surface area contributed by atoms with Crippen LogP contribution in [0.15, 0.2) is 42.5 Å². The van der Waals surface area contributed by atoms with Gasteiger partial charge in [0.05, 0.1) is 0 Å². The fraction of sp³-hybridized carbons (Fsp3) is 0.429. The Morgan fingerprint density at radius 1 is 0.885 bits per heavy atom. The lowest BCUT2D eigenvalue weighted by Crippen LogP contribution is -2.46. The minimum absolute atomic E-state index is 0.288. The third-order valence-electron chi connectivity index (χ3n) is 5.18. The first-order valence-electron chi connectivity index (χ1n) is 9.34. The van der Waals surface area contributed by atoms with Gasteiger partial charge in [-0.1, -0.05) is 41.9 Å². The first-order valence-corrected chi connectivity index (χ1v) is 9.72. The van der Waals surface area contributed by atoms with Crippen LogP contribution in [0, 0.1) is 0 Å². The zero-order valence-corrected chi connectivity index (χ0v) is 15.8. The number of nitrogens with zero attached hydrogens (tertiary/aromatic N) is 2. The lowest BCUT2D eigenvalue weighted by Gasteiger charge is -2.34. The van der Waals surface area contributed by atoms with Crippen molar-refractivity contribution in [1.29, 1.82) is 0 Å². The molecule has 0 aliphatic carbocycles. The summed E-state index contributed by atoms with van der Waals surface area (Å²) >= 11 is 6.41. The van der Waals surface area contributed by atoms with E-state index in [1.54, 1.807) is 0 Å². The Labute approximate surface area is 160 Å². The Hall–Kier alpha value is -1.75. The number of rotatable bonds is 6. The van der Waals surface area contributed by atoms with Crippen molar-refractivity contribution < 1.29 is 9.47 Å². The van der Waals surface area contributed by atoms with Crippen molar-refractivity contribution in [2.24, 2.45) is 0 Å². The van der Waals surface area contributed by atoms with Crippen molar-refractivity contribution in [2.75, 3.05) is 39.5 Å². The van der Waals surface area contributed by atoms with Crippen molar-refractivity contribution in [3.05, 3.63) is 58.6 Å². The average Bonchev–Trinajstić information content (AvgIpc) is 3.11. The molecule has 2 aliphatic rings. The van der Waals surface area contributed by atoms with Crippen LogP contribution >= 0.6 is 11.6 Å². The molecule has 2 aromatic rings. The Kier molecular flexibility index (Phi) is 5.63. The molecule has 1 fully saturated rings. The summed E-state index contributed by atoms with van der Waals surface area (Å²) in [6.07, 6.45) is 2.38. The average molecular weight is 373 g/mol. The molecule has 0 N–H and O–H groups in total. The third kappa shape index (κ3) is 4.32. The molecule has 1 saturated heterocycles. The Morgan fingerprint density at radius 3 is 2.35 bits per heavy atom. The fourth-order valence-corrected chi connectivity index (χ4v) is 3.86. The molecule has 2 aliphatic heterocycles. The number of benzene rings is 2. The summed E-state index contributed by atoms with van der Waals surface area (Å²) < 4.78 is 10.9. The summed E-state index contributed by atoms with van der Waals surface area (Å²) in [6.45, 7) is 6.73. The molecule has 4 rings (SSSR count). The molecule has 138 valence electrons. The predicted octanol–water partition coefficient (Wildman–Crippen LogP) is 3.82. The molecule has 0 aromatic heterocycles. The smallest absolute Gasteiger partial charge is 0.231 e. The lowest BCUT2D eigenvalue weighted by atomic mass is 10.1. The monoisotopic (exact) mass is 372 g/mol. The maximum absolute atomic E-state index is 6.41. The van der Waals surface area contributed by atoms with Crippen LogP contribution in [-0.4, -0.2) is 49.3 Å². The Bertz CT molecular complexity index is 730. The highest BCUT2D eigenvalue weighted by atomic mass is 35.5. The molecule has 2 aromatic carbocycles. The van der Waals surface area contributed by atoms with E-state index in [-0.39, 0.29) is 6.79 Å². The van der Waals surface area contributed by atoms with Crippen molar-refractivity contribution in [3.63, 3.8) is 0 Å². The minimum atomic E-state index is 0.288. The summed E-state index contributed by atoms with van der Waals surface area (Å²) in [5.41, 5.74) is 2.55. The second-order valence-corrected chi connectivity index (χ2v) is 7.41. The predicted molar refractivity (Wildman–Crippen MR) is 104 cm³/mol. The Morgan fingerprint density at radius 2 is 1.58 bits per heavy atom. The van der Waals surface area contributed by atoms with Crippen LogP contribution in [0.5, 0.6) is 11.5 Å². The molecule has 2 heterocycles. The van der Waals surface area contributed by atoms with Gasteiger partial charge in [-0.25, -0.2) is 0 Å². The summed E-state index contributed by atoms with van der Waals surface area (Å²) in [5, 5.41) is 0.763. The normalized spacial score (nSPS) is 17.6. The van der Waals surface area contributed by atoms with E-state index in [1.165, 1.54) is 18.5 Å². The van der Waals surface area contributed by atoms with Gasteiger partial charge in [0.2, 0.25) is 6.79 Å². The number of fused-ring (bicyclic) bond motifs is 1. The van der Waals surface area contributed by atoms with Gasteiger partial charge in [-0.2, -0.15) is 0 Å². The van der Waals surface area contributed by atoms with E-state index in [9.17, 15) is 0 Å². The van der Waals surface area contributed by atoms with Crippen molar-refractivity contribution in [3.8, 4) is 11.5 Å². The highest BCUT2D eigenvalue weighted by molar-refractivity contribution is 6.31. The molecular formula is C21H25ClN2O2. The molecule has 5 heteroatoms. The second kappa shape index (κ2) is 8.30. The number of ether oxygens (including phenoxy) is 2. The van der Waals surface area contributed by atoms with Gasteiger partial charge in [-0.15, -0.1) is 0 Å². The number of piperazine rings is 1. The maximum atomic E-state index is 6.41. The molecule has 0 bridgehead atoms. The van der Waals surface area contributed by atoms with Crippen LogP contribution in [-0.2, 0) is 13.0 Å². The van der Waals surface area contributed by atoms with Gasteiger partial charge < -0.3 is 14.4 Å². The molecule has 0 saturated carbocycles. The molecular weight excluding hydrogens is 348 g/mol. The van der Waals surface area contributed by atoms with Crippen molar-refractivity contribution in [1.82, 2.24) is 9.80 Å². The van der Waals surface area contributed by atoms with E-state index in [4.69, 9.17) is 21.1 Å². The molecule has 4 nitrogen and oxygen atoms in total. The van der Waals surface area contributed by atoms with Crippen molar-refractivity contribution >= 4 is 11.6 Å². The van der Waals surface area contributed by atoms with Crippen LogP contribution in [0.1, 0.15) is 17.5 Å². The van der Waals surface area contributed by atoms with Crippen molar-refractivity contribution in [2.45, 2.75) is 19.4 Å². The summed E-state index contributed by atoms with van der Waals surface area (Å²) in [7, 11) is 0. The second-order valence-electron chi connectivity index (χ2n) is 7.00. The minimum Gasteiger partial charge on any atom is -0.454 e. The topological polar surface area (TPSA) is 24.9 Å². The van der Waals surface area contributed by atoms with E-state index < -0.39 is 0 Å². The first kappa shape index (κ1) is 17.7. The van der Waals surface area contributed by atoms with Crippen LogP contribution in [0.4, 0.5) is 0 Å². The highest BCUT2D eigenvalue weighted by Gasteiger charge is 2.20. The molecule has 26 heavy (non-hydrogen) atoms. The number of aryl methyl sites for hydroxylation is 1. The summed E-state index contributed by atoms with van der Waals surface area (Å²) in [5.74, 6) is 1.56. The maximum Gasteiger partial charge on any atom is 0.231 e. The highest BCUT2D eigenvalue weighted by Crippen LogP contribution is 2.37. The summed E-state index contributed by atoms with van der Waals surface area (Å²) in [4.78, 5) is 5.04. The first-order chi connectivity index (χ1) is 12.8. The van der Waals surface area contributed by atoms with Crippen LogP contribution in [0.25, 0.3) is 0 Å². The van der Waals surface area contributed by atoms with E-state index in [1.807, 2.05) is 12.1 Å². The lowest BCUT2D eigenvalue weighted by molar-refractivity contribution is 0.126. The Balaban J connectivity index is 1.23. The van der Waals surface area contributed by atoms with Crippen LogP contribution in [0.3, 0.4) is 0 Å². The van der Waals surface area contributed by atoms with Gasteiger partial charge in [-0.3, -0.25) is 4.90 Å². The van der Waals surface area contributed by atoms with Gasteiger partial charge in [0.1, 0.15) is 0 Å². The molecule has 0 unspecified atom stereocenters. The quantitative estimate of drug-likeness (QED) is 0.769. The van der Waals surface area contributed by atoms with Gasteiger partial charge >= 0.3 is 0 Å². The SMILES string of the molecule is Clc1cc2c(cc1CN1CCN(CCCc3ccccc3)CC1)OCO2. The van der Waals surface area contributed by atoms with E-state index in [2.05, 4.69) is 40.1 Å². The van der Waals surface area contributed by atoms with Crippen LogP contribution in [0.2, 0.25) is 5.02 Å². The van der Waals surface area contributed by atoms with Gasteiger partial charge in [0.15, 0.2) is 11.5 Å². The summed E-state index contributed by atoms with van der Waals surface area (Å²) in [6, 6.07) is 14.6. The van der Waals surface area contributed by atoms with E-state index in [0.29, 0.717) is 0 Å². The number of hydrogen-bond acceptors (Lipinski definition) is 4. The molecule has 0 atom stereocenters. The zero-order valence-electron chi connectivity index (χ0n) is 15.0. The fourth-order valence-electron chi connectivity index (χ4n) is 3.64. The zero-order chi connectivity index (χ0) is 17.8. The number of halogens is 1. The van der Waals surface area contributed by atoms with Gasteiger partial charge in [0.25, 0.3) is 0 Å². The van der Waals surface area contributed by atoms with E-state index in [0.717, 1.165) is 61.2 Å². The van der Waals surface area contributed by atoms with Gasteiger partial charge in [-0.05, 0) is 36.6 Å². The van der Waals surface area contributed by atoms with E-state index >= 15 is 0 Å². The third-order valence-corrected chi connectivity index (χ3v) is 5.53. The largest absolute Gasteiger partial charge is 0.454 e. The molecule has 0 radical (unpaired) electrons. The molecule has 0 spiro atoms. The standard InChI is InChI=1S/C21H25ClN2O2/c22-19-14-21-20(25-16-26-21)13-18(19)15-24-11-9-23(10-12-24)8-4-7-17-5-2-1-3-6-17/h1-3,5-6,13-14H,4,7-12,15-16H2. The number of hydrogen-bond donors (Lipinski definition) is 0. The van der Waals surface area contributed by atoms with Crippen LogP contribution < -0.4 is 9.47 Å². The molecule has 0 amide bonds.